The Kier molecular flexibility index (Phi) is 15.2. The largest absolute Gasteiger partial charge is 0.394 e. The van der Waals surface area contributed by atoms with E-state index < -0.39 is 37.3 Å². The zero-order valence-electron chi connectivity index (χ0n) is 18.8. The molecule has 0 aromatic heterocycles. The fourth-order valence-corrected chi connectivity index (χ4v) is 4.26. The number of hydrogen-bond acceptors (Lipinski definition) is 6. The maximum absolute atomic E-state index is 10.3. The molecule has 1 rings (SSSR count). The summed E-state index contributed by atoms with van der Waals surface area (Å²) in [6.07, 6.45) is 13.9. The Morgan fingerprint density at radius 1 is 0.690 bits per heavy atom. The summed E-state index contributed by atoms with van der Waals surface area (Å²) in [7, 11) is 1.83. The fraction of sp³-hybridized carbons (Fsp3) is 1.00. The van der Waals surface area contributed by atoms with Crippen LogP contribution in [0.3, 0.4) is 0 Å². The molecule has 6 heteroatoms. The third-order valence-corrected chi connectivity index (χ3v) is 6.24. The second kappa shape index (κ2) is 16.5. The summed E-state index contributed by atoms with van der Waals surface area (Å²) >= 11 is 0. The Morgan fingerprint density at radius 2 is 1.14 bits per heavy atom. The van der Waals surface area contributed by atoms with Crippen LogP contribution in [0.4, 0.5) is 0 Å². The molecule has 0 bridgehead atoms. The molecule has 0 aromatic rings. The predicted octanol–water partition coefficient (Wildman–Crippen LogP) is 3.20. The second-order valence-corrected chi connectivity index (χ2v) is 8.80. The van der Waals surface area contributed by atoms with E-state index in [0.29, 0.717) is 0 Å². The fourth-order valence-electron chi connectivity index (χ4n) is 4.26. The normalized spacial score (nSPS) is 27.6. The minimum atomic E-state index is -1.21. The standard InChI is InChI=1S/C23H47NO5/c1-3-4-5-6-7-8-9-10-11-12-13-14-15-16-17-24(2)20-22(27)21(26)19(18-25)29-23(20)28/h19-23,25-28H,3-18H2,1-2H3/t19-,20-,21-,22-,23?/m1/s1. The zero-order valence-corrected chi connectivity index (χ0v) is 18.8. The van der Waals surface area contributed by atoms with Crippen LogP contribution in [-0.2, 0) is 4.74 Å². The van der Waals surface area contributed by atoms with Crippen molar-refractivity contribution in [3.63, 3.8) is 0 Å². The minimum Gasteiger partial charge on any atom is -0.394 e. The van der Waals surface area contributed by atoms with Crippen LogP contribution in [0.15, 0.2) is 0 Å². The molecule has 1 aliphatic heterocycles. The van der Waals surface area contributed by atoms with E-state index in [1.54, 1.807) is 0 Å². The number of nitrogens with zero attached hydrogens (tertiary/aromatic N) is 1. The Morgan fingerprint density at radius 3 is 1.59 bits per heavy atom. The molecule has 0 aromatic carbocycles. The first-order valence-electron chi connectivity index (χ1n) is 12.0. The summed E-state index contributed by atoms with van der Waals surface area (Å²) < 4.78 is 5.23. The van der Waals surface area contributed by atoms with Gasteiger partial charge in [-0.2, -0.15) is 0 Å². The minimum absolute atomic E-state index is 0.426. The molecule has 0 saturated carbocycles. The molecule has 1 saturated heterocycles. The molecule has 1 unspecified atom stereocenters. The maximum atomic E-state index is 10.3. The van der Waals surface area contributed by atoms with Crippen molar-refractivity contribution >= 4 is 0 Å². The van der Waals surface area contributed by atoms with E-state index in [1.165, 1.54) is 77.0 Å². The molecule has 1 fully saturated rings. The molecule has 29 heavy (non-hydrogen) atoms. The molecule has 0 radical (unpaired) electrons. The third kappa shape index (κ3) is 10.6. The van der Waals surface area contributed by atoms with Gasteiger partial charge in [-0.1, -0.05) is 90.4 Å². The van der Waals surface area contributed by atoms with Gasteiger partial charge in [0, 0.05) is 0 Å². The van der Waals surface area contributed by atoms with E-state index in [0.717, 1.165) is 19.4 Å². The Balaban J connectivity index is 1.99. The van der Waals surface area contributed by atoms with Crippen LogP contribution in [0.25, 0.3) is 0 Å². The highest BCUT2D eigenvalue weighted by atomic mass is 16.6. The van der Waals surface area contributed by atoms with Gasteiger partial charge in [-0.15, -0.1) is 0 Å². The van der Waals surface area contributed by atoms with Gasteiger partial charge in [-0.3, -0.25) is 4.90 Å². The Labute approximate surface area is 178 Å². The van der Waals surface area contributed by atoms with Crippen LogP contribution in [0.1, 0.15) is 96.8 Å². The van der Waals surface area contributed by atoms with Gasteiger partial charge in [-0.05, 0) is 20.0 Å². The number of likely N-dealkylation sites (N-methyl/N-ethyl adjacent to an activating group) is 1. The highest BCUT2D eigenvalue weighted by molar-refractivity contribution is 4.93. The van der Waals surface area contributed by atoms with E-state index in [1.807, 2.05) is 11.9 Å². The molecule has 0 aliphatic carbocycles. The topological polar surface area (TPSA) is 93.4 Å². The Hall–Kier alpha value is -0.240. The van der Waals surface area contributed by atoms with Crippen molar-refractivity contribution in [2.24, 2.45) is 0 Å². The summed E-state index contributed by atoms with van der Waals surface area (Å²) in [6, 6.07) is -0.672. The molecular weight excluding hydrogens is 370 g/mol. The van der Waals surface area contributed by atoms with Gasteiger partial charge in [-0.25, -0.2) is 0 Å². The van der Waals surface area contributed by atoms with Crippen LogP contribution in [-0.4, -0.2) is 76.2 Å². The van der Waals surface area contributed by atoms with Gasteiger partial charge >= 0.3 is 0 Å². The van der Waals surface area contributed by atoms with Gasteiger partial charge in [0.2, 0.25) is 0 Å². The first-order chi connectivity index (χ1) is 14.0. The van der Waals surface area contributed by atoms with Crippen molar-refractivity contribution in [3.8, 4) is 0 Å². The lowest BCUT2D eigenvalue weighted by molar-refractivity contribution is -0.270. The maximum Gasteiger partial charge on any atom is 0.173 e. The van der Waals surface area contributed by atoms with Crippen LogP contribution in [0, 0.1) is 0 Å². The number of ether oxygens (including phenoxy) is 1. The summed E-state index contributed by atoms with van der Waals surface area (Å²) in [5.41, 5.74) is 0. The van der Waals surface area contributed by atoms with Gasteiger partial charge in [0.1, 0.15) is 18.3 Å². The molecule has 1 aliphatic rings. The SMILES string of the molecule is CCCCCCCCCCCCCCCCN(C)[C@H]1C(O)O[C@H](CO)[C@@H](O)[C@@H]1O. The number of hydrogen-bond donors (Lipinski definition) is 4. The van der Waals surface area contributed by atoms with Gasteiger partial charge in [0.05, 0.1) is 12.6 Å². The van der Waals surface area contributed by atoms with E-state index in [4.69, 9.17) is 9.84 Å². The van der Waals surface area contributed by atoms with Crippen molar-refractivity contribution in [1.29, 1.82) is 0 Å². The van der Waals surface area contributed by atoms with E-state index in [-0.39, 0.29) is 0 Å². The molecule has 0 spiro atoms. The lowest BCUT2D eigenvalue weighted by Crippen LogP contribution is -2.63. The third-order valence-electron chi connectivity index (χ3n) is 6.24. The first-order valence-corrected chi connectivity index (χ1v) is 12.0. The van der Waals surface area contributed by atoms with Gasteiger partial charge in [0.25, 0.3) is 0 Å². The summed E-state index contributed by atoms with van der Waals surface area (Å²) in [5.74, 6) is 0. The highest BCUT2D eigenvalue weighted by Crippen LogP contribution is 2.23. The lowest BCUT2D eigenvalue weighted by Gasteiger charge is -2.44. The summed E-state index contributed by atoms with van der Waals surface area (Å²) in [5, 5.41) is 39.5. The number of unbranched alkanes of at least 4 members (excludes halogenated alkanes) is 13. The number of rotatable bonds is 17. The molecular formula is C23H47NO5. The summed E-state index contributed by atoms with van der Waals surface area (Å²) in [4.78, 5) is 1.85. The van der Waals surface area contributed by atoms with Crippen LogP contribution in [0.2, 0.25) is 0 Å². The molecule has 4 N–H and O–H groups in total. The molecule has 6 nitrogen and oxygen atoms in total. The predicted molar refractivity (Wildman–Crippen MR) is 117 cm³/mol. The smallest absolute Gasteiger partial charge is 0.173 e. The van der Waals surface area contributed by atoms with Crippen molar-refractivity contribution in [1.82, 2.24) is 4.90 Å². The van der Waals surface area contributed by atoms with Crippen LogP contribution < -0.4 is 0 Å². The van der Waals surface area contributed by atoms with Crippen LogP contribution in [0.5, 0.6) is 0 Å². The lowest BCUT2D eigenvalue weighted by atomic mass is 9.96. The van der Waals surface area contributed by atoms with Crippen molar-refractivity contribution in [2.45, 2.75) is 127 Å². The average Bonchev–Trinajstić information content (AvgIpc) is 2.71. The molecule has 0 amide bonds. The van der Waals surface area contributed by atoms with Crippen molar-refractivity contribution in [2.75, 3.05) is 20.2 Å². The molecule has 5 atom stereocenters. The van der Waals surface area contributed by atoms with Crippen molar-refractivity contribution in [3.05, 3.63) is 0 Å². The van der Waals surface area contributed by atoms with Gasteiger partial charge < -0.3 is 25.2 Å². The van der Waals surface area contributed by atoms with Gasteiger partial charge in [0.15, 0.2) is 6.29 Å². The highest BCUT2D eigenvalue weighted by Gasteiger charge is 2.45. The Bertz CT molecular complexity index is 384. The quantitative estimate of drug-likeness (QED) is 0.272. The van der Waals surface area contributed by atoms with E-state index in [9.17, 15) is 15.3 Å². The van der Waals surface area contributed by atoms with Crippen molar-refractivity contribution < 1.29 is 25.2 Å². The zero-order chi connectivity index (χ0) is 21.5. The van der Waals surface area contributed by atoms with E-state index >= 15 is 0 Å². The van der Waals surface area contributed by atoms with E-state index in [2.05, 4.69) is 6.92 Å². The first kappa shape index (κ1) is 26.8. The monoisotopic (exact) mass is 417 g/mol. The molecule has 1 heterocycles. The average molecular weight is 418 g/mol. The molecule has 174 valence electrons. The second-order valence-electron chi connectivity index (χ2n) is 8.80. The summed E-state index contributed by atoms with van der Waals surface area (Å²) in [6.45, 7) is 2.57. The number of aliphatic hydroxyl groups is 4. The number of aliphatic hydroxyl groups excluding tert-OH is 4. The van der Waals surface area contributed by atoms with Crippen LogP contribution >= 0.6 is 0 Å².